The molecule has 1 heterocycles. The second-order valence-corrected chi connectivity index (χ2v) is 6.52. The van der Waals surface area contributed by atoms with Gasteiger partial charge in [0.2, 0.25) is 5.91 Å². The van der Waals surface area contributed by atoms with Gasteiger partial charge in [-0.1, -0.05) is 47.7 Å². The molecule has 0 aliphatic carbocycles. The molecule has 6 heteroatoms. The summed E-state index contributed by atoms with van der Waals surface area (Å²) in [6.07, 6.45) is 2.42. The van der Waals surface area contributed by atoms with E-state index in [4.69, 9.17) is 0 Å². The lowest BCUT2D eigenvalue weighted by Crippen LogP contribution is -2.17. The molecule has 0 saturated carbocycles. The van der Waals surface area contributed by atoms with Gasteiger partial charge >= 0.3 is 0 Å². The Morgan fingerprint density at radius 2 is 2.00 bits per heavy atom. The third kappa shape index (κ3) is 3.91. The summed E-state index contributed by atoms with van der Waals surface area (Å²) in [5.41, 5.74) is 1.29. The molecule has 0 fully saturated rings. The van der Waals surface area contributed by atoms with E-state index in [0.717, 1.165) is 23.0 Å². The van der Waals surface area contributed by atoms with Crippen molar-refractivity contribution in [3.63, 3.8) is 0 Å². The van der Waals surface area contributed by atoms with Crippen molar-refractivity contribution in [1.29, 1.82) is 0 Å². The molecule has 0 bridgehead atoms. The predicted molar refractivity (Wildman–Crippen MR) is 95.3 cm³/mol. The molecule has 25 heavy (non-hydrogen) atoms. The van der Waals surface area contributed by atoms with Crippen LogP contribution in [-0.2, 0) is 17.8 Å². The molecule has 0 atom stereocenters. The minimum Gasteiger partial charge on any atom is -0.310 e. The van der Waals surface area contributed by atoms with E-state index < -0.39 is 11.6 Å². The zero-order valence-corrected chi connectivity index (χ0v) is 14.2. The number of hydrogen-bond donors (Lipinski definition) is 0. The molecule has 1 amide bonds. The first-order valence-corrected chi connectivity index (χ1v) is 8.61. The number of aryl methyl sites for hydroxylation is 1. The summed E-state index contributed by atoms with van der Waals surface area (Å²) in [6.45, 7) is 3.93. The summed E-state index contributed by atoms with van der Waals surface area (Å²) in [6, 6.07) is 11.7. The molecule has 3 rings (SSSR count). The maximum Gasteiger partial charge on any atom is 0.248 e. The number of halogens is 2. The molecule has 0 N–H and O–H groups in total. The van der Waals surface area contributed by atoms with Crippen LogP contribution in [0.2, 0.25) is 0 Å². The molecule has 3 nitrogen and oxygen atoms in total. The van der Waals surface area contributed by atoms with Crippen LogP contribution in [0.15, 0.2) is 60.1 Å². The minimum atomic E-state index is -0.675. The standard InChI is InChI=1S/C19H16F2N2OS/c1-2-10-23-18-15(21)11-14(20)12-16(18)25-19(23)22-17(24)9-8-13-6-4-3-5-7-13/h2-7,11-12H,1,8-10H2. The van der Waals surface area contributed by atoms with E-state index in [1.807, 2.05) is 30.3 Å². The lowest BCUT2D eigenvalue weighted by molar-refractivity contribution is -0.118. The number of nitrogens with zero attached hydrogens (tertiary/aromatic N) is 2. The highest BCUT2D eigenvalue weighted by Gasteiger charge is 2.13. The number of thiazole rings is 1. The molecule has 128 valence electrons. The smallest absolute Gasteiger partial charge is 0.248 e. The molecule has 0 saturated heterocycles. The number of carbonyl (C=O) groups is 1. The lowest BCUT2D eigenvalue weighted by atomic mass is 10.1. The van der Waals surface area contributed by atoms with E-state index in [-0.39, 0.29) is 24.4 Å². The Morgan fingerprint density at radius 1 is 1.24 bits per heavy atom. The van der Waals surface area contributed by atoms with Gasteiger partial charge in [-0.3, -0.25) is 4.79 Å². The molecule has 0 aliphatic rings. The summed E-state index contributed by atoms with van der Waals surface area (Å²) in [5.74, 6) is -1.63. The number of fused-ring (bicyclic) bond motifs is 1. The molecule has 3 aromatic rings. The van der Waals surface area contributed by atoms with Crippen LogP contribution in [-0.4, -0.2) is 10.5 Å². The Labute approximate surface area is 147 Å². The van der Waals surface area contributed by atoms with Gasteiger partial charge in [-0.15, -0.1) is 6.58 Å². The molecule has 0 radical (unpaired) electrons. The third-order valence-electron chi connectivity index (χ3n) is 3.70. The van der Waals surface area contributed by atoms with E-state index in [0.29, 0.717) is 15.9 Å². The number of carbonyl (C=O) groups excluding carboxylic acids is 1. The van der Waals surface area contributed by atoms with E-state index in [1.54, 1.807) is 10.6 Å². The monoisotopic (exact) mass is 358 g/mol. The second-order valence-electron chi connectivity index (χ2n) is 5.51. The van der Waals surface area contributed by atoms with Crippen molar-refractivity contribution >= 4 is 27.5 Å². The molecular formula is C19H16F2N2OS. The van der Waals surface area contributed by atoms with Crippen molar-refractivity contribution in [2.24, 2.45) is 4.99 Å². The fraction of sp³-hybridized carbons (Fsp3) is 0.158. The number of rotatable bonds is 5. The minimum absolute atomic E-state index is 0.237. The molecular weight excluding hydrogens is 342 g/mol. The van der Waals surface area contributed by atoms with Crippen LogP contribution in [0.25, 0.3) is 10.2 Å². The van der Waals surface area contributed by atoms with Gasteiger partial charge in [0.1, 0.15) is 5.82 Å². The van der Waals surface area contributed by atoms with Crippen molar-refractivity contribution in [3.8, 4) is 0 Å². The van der Waals surface area contributed by atoms with Gasteiger partial charge in [0.05, 0.1) is 10.2 Å². The Kier molecular flexibility index (Phi) is 5.19. The Morgan fingerprint density at radius 3 is 2.72 bits per heavy atom. The van der Waals surface area contributed by atoms with Crippen LogP contribution in [0.1, 0.15) is 12.0 Å². The maximum atomic E-state index is 14.1. The SMILES string of the molecule is C=CCn1c(=NC(=O)CCc2ccccc2)sc2cc(F)cc(F)c21. The Hall–Kier alpha value is -2.60. The van der Waals surface area contributed by atoms with Crippen molar-refractivity contribution in [3.05, 3.63) is 77.1 Å². The van der Waals surface area contributed by atoms with Gasteiger partial charge in [0.25, 0.3) is 0 Å². The van der Waals surface area contributed by atoms with Crippen LogP contribution in [0.5, 0.6) is 0 Å². The molecule has 0 unspecified atom stereocenters. The fourth-order valence-corrected chi connectivity index (χ4v) is 3.67. The first-order valence-electron chi connectivity index (χ1n) is 7.79. The van der Waals surface area contributed by atoms with Gasteiger partial charge in [-0.2, -0.15) is 4.99 Å². The summed E-state index contributed by atoms with van der Waals surface area (Å²) in [4.78, 5) is 16.7. The van der Waals surface area contributed by atoms with E-state index in [2.05, 4.69) is 11.6 Å². The highest BCUT2D eigenvalue weighted by molar-refractivity contribution is 7.16. The summed E-state index contributed by atoms with van der Waals surface area (Å²) >= 11 is 1.09. The van der Waals surface area contributed by atoms with Gasteiger partial charge in [-0.05, 0) is 18.1 Å². The fourth-order valence-electron chi connectivity index (χ4n) is 2.57. The van der Waals surface area contributed by atoms with Crippen LogP contribution in [0.3, 0.4) is 0 Å². The van der Waals surface area contributed by atoms with Gasteiger partial charge < -0.3 is 4.57 Å². The summed E-state index contributed by atoms with van der Waals surface area (Å²) in [5, 5.41) is 0. The number of allylic oxidation sites excluding steroid dienone is 1. The van der Waals surface area contributed by atoms with Crippen molar-refractivity contribution in [2.45, 2.75) is 19.4 Å². The van der Waals surface area contributed by atoms with E-state index in [9.17, 15) is 13.6 Å². The predicted octanol–water partition coefficient (Wildman–Crippen LogP) is 4.23. The highest BCUT2D eigenvalue weighted by Crippen LogP contribution is 2.22. The zero-order valence-electron chi connectivity index (χ0n) is 13.4. The quantitative estimate of drug-likeness (QED) is 0.629. The first kappa shape index (κ1) is 17.2. The Bertz CT molecular complexity index is 990. The third-order valence-corrected chi connectivity index (χ3v) is 4.72. The van der Waals surface area contributed by atoms with Gasteiger partial charge in [0, 0.05) is 19.0 Å². The number of aromatic nitrogens is 1. The van der Waals surface area contributed by atoms with E-state index >= 15 is 0 Å². The number of amides is 1. The van der Waals surface area contributed by atoms with E-state index in [1.165, 1.54) is 6.07 Å². The summed E-state index contributed by atoms with van der Waals surface area (Å²) in [7, 11) is 0. The number of benzene rings is 2. The topological polar surface area (TPSA) is 34.4 Å². The van der Waals surface area contributed by atoms with Crippen LogP contribution in [0.4, 0.5) is 8.78 Å². The van der Waals surface area contributed by atoms with Crippen LogP contribution < -0.4 is 4.80 Å². The largest absolute Gasteiger partial charge is 0.310 e. The first-order chi connectivity index (χ1) is 12.1. The Balaban J connectivity index is 1.94. The zero-order chi connectivity index (χ0) is 17.8. The average Bonchev–Trinajstić information content (AvgIpc) is 2.91. The van der Waals surface area contributed by atoms with Crippen LogP contribution >= 0.6 is 11.3 Å². The molecule has 2 aromatic carbocycles. The van der Waals surface area contributed by atoms with Crippen molar-refractivity contribution in [2.75, 3.05) is 0 Å². The highest BCUT2D eigenvalue weighted by atomic mass is 32.1. The van der Waals surface area contributed by atoms with Crippen molar-refractivity contribution in [1.82, 2.24) is 4.57 Å². The normalized spacial score (nSPS) is 11.8. The van der Waals surface area contributed by atoms with Crippen LogP contribution in [0, 0.1) is 11.6 Å². The molecule has 1 aromatic heterocycles. The maximum absolute atomic E-state index is 14.1. The molecule has 0 aliphatic heterocycles. The van der Waals surface area contributed by atoms with Crippen molar-refractivity contribution < 1.29 is 13.6 Å². The second kappa shape index (κ2) is 7.53. The van der Waals surface area contributed by atoms with Gasteiger partial charge in [-0.25, -0.2) is 8.78 Å². The molecule has 0 spiro atoms. The van der Waals surface area contributed by atoms with Gasteiger partial charge in [0.15, 0.2) is 10.6 Å². The summed E-state index contributed by atoms with van der Waals surface area (Å²) < 4.78 is 29.5. The lowest BCUT2D eigenvalue weighted by Gasteiger charge is -2.02. The average molecular weight is 358 g/mol. The number of hydrogen-bond acceptors (Lipinski definition) is 2.